The normalized spacial score (nSPS) is 12.5. The van der Waals surface area contributed by atoms with Crippen LogP contribution in [0.5, 0.6) is 0 Å². The lowest BCUT2D eigenvalue weighted by atomic mass is 10.0. The summed E-state index contributed by atoms with van der Waals surface area (Å²) in [7, 11) is 0. The Morgan fingerprint density at radius 2 is 2.23 bits per heavy atom. The Kier molecular flexibility index (Phi) is 4.06. The quantitative estimate of drug-likeness (QED) is 0.619. The largest absolute Gasteiger partial charge is 0.303 e. The maximum Gasteiger partial charge on any atom is 0.137 e. The van der Waals surface area contributed by atoms with Crippen molar-refractivity contribution in [2.24, 2.45) is 0 Å². The maximum absolute atomic E-state index is 12.8. The number of halogens is 3. The van der Waals surface area contributed by atoms with E-state index in [1.54, 1.807) is 12.1 Å². The van der Waals surface area contributed by atoms with Gasteiger partial charge in [-0.2, -0.15) is 0 Å². The molecule has 1 rings (SSSR count). The number of alkyl halides is 1. The van der Waals surface area contributed by atoms with Crippen molar-refractivity contribution >= 4 is 38.1 Å². The van der Waals surface area contributed by atoms with E-state index in [0.717, 1.165) is 11.8 Å². The average molecular weight is 310 g/mol. The van der Waals surface area contributed by atoms with Crippen LogP contribution in [0.1, 0.15) is 11.5 Å². The third-order valence-corrected chi connectivity index (χ3v) is 3.01. The van der Waals surface area contributed by atoms with Gasteiger partial charge in [-0.25, -0.2) is 4.39 Å². The highest BCUT2D eigenvalue weighted by Gasteiger charge is 2.10. The zero-order valence-electron chi connectivity index (χ0n) is 6.64. The Hall–Kier alpha value is -0.220. The van der Waals surface area contributed by atoms with Crippen LogP contribution in [0.3, 0.4) is 0 Å². The molecule has 13 heavy (non-hydrogen) atoms. The lowest BCUT2D eigenvalue weighted by molar-refractivity contribution is -0.108. The molecule has 1 atom stereocenters. The van der Waals surface area contributed by atoms with Crippen LogP contribution in [0.4, 0.5) is 4.39 Å². The molecule has 1 aromatic rings. The topological polar surface area (TPSA) is 17.1 Å². The molecule has 0 radical (unpaired) electrons. The summed E-state index contributed by atoms with van der Waals surface area (Å²) in [5.74, 6) is -0.528. The second-order valence-corrected chi connectivity index (χ2v) is 4.07. The van der Waals surface area contributed by atoms with Crippen molar-refractivity contribution < 1.29 is 9.18 Å². The van der Waals surface area contributed by atoms with Gasteiger partial charge in [-0.1, -0.05) is 22.0 Å². The maximum atomic E-state index is 12.8. The Labute approximate surface area is 92.6 Å². The smallest absolute Gasteiger partial charge is 0.137 e. The van der Waals surface area contributed by atoms with E-state index < -0.39 is 0 Å². The Balaban J connectivity index is 3.01. The predicted octanol–water partition coefficient (Wildman–Crippen LogP) is 3.27. The molecule has 1 unspecified atom stereocenters. The van der Waals surface area contributed by atoms with Crippen molar-refractivity contribution in [1.29, 1.82) is 0 Å². The molecule has 1 aromatic carbocycles. The van der Waals surface area contributed by atoms with E-state index in [0.29, 0.717) is 9.80 Å². The van der Waals surface area contributed by atoms with E-state index in [-0.39, 0.29) is 11.7 Å². The summed E-state index contributed by atoms with van der Waals surface area (Å²) >= 11 is 6.28. The minimum absolute atomic E-state index is 0.211. The first kappa shape index (κ1) is 10.9. The summed E-state index contributed by atoms with van der Waals surface area (Å²) in [5.41, 5.74) is 0.806. The molecule has 0 fully saturated rings. The number of carbonyl (C=O) groups is 1. The number of hydrogen-bond acceptors (Lipinski definition) is 1. The van der Waals surface area contributed by atoms with Crippen molar-refractivity contribution in [3.05, 3.63) is 34.1 Å². The summed E-state index contributed by atoms with van der Waals surface area (Å²) in [6.07, 6.45) is 0.842. The summed E-state index contributed by atoms with van der Waals surface area (Å²) in [5, 5.41) is 0.550. The predicted molar refractivity (Wildman–Crippen MR) is 56.7 cm³/mol. The van der Waals surface area contributed by atoms with Crippen LogP contribution in [-0.2, 0) is 4.79 Å². The van der Waals surface area contributed by atoms with Gasteiger partial charge in [0.15, 0.2) is 0 Å². The zero-order chi connectivity index (χ0) is 9.84. The standard InChI is InChI=1S/C9H7Br2FO/c10-4-7(5-13)6-1-2-9(12)8(11)3-6/h1-3,5,7H,4H2. The number of carbonyl (C=O) groups excluding carboxylic acids is 1. The van der Waals surface area contributed by atoms with E-state index in [1.807, 2.05) is 0 Å². The highest BCUT2D eigenvalue weighted by atomic mass is 79.9. The summed E-state index contributed by atoms with van der Waals surface area (Å²) < 4.78 is 13.2. The number of aldehydes is 1. The highest BCUT2D eigenvalue weighted by molar-refractivity contribution is 9.10. The minimum atomic E-state index is -0.317. The molecule has 0 N–H and O–H groups in total. The summed E-state index contributed by atoms with van der Waals surface area (Å²) in [4.78, 5) is 10.6. The first-order valence-corrected chi connectivity index (χ1v) is 5.56. The number of benzene rings is 1. The van der Waals surface area contributed by atoms with Crippen molar-refractivity contribution in [3.8, 4) is 0 Å². The minimum Gasteiger partial charge on any atom is -0.303 e. The van der Waals surface area contributed by atoms with Crippen LogP contribution in [-0.4, -0.2) is 11.6 Å². The molecule has 0 aliphatic carbocycles. The van der Waals surface area contributed by atoms with E-state index >= 15 is 0 Å². The Morgan fingerprint density at radius 1 is 1.54 bits per heavy atom. The average Bonchev–Trinajstić information content (AvgIpc) is 2.13. The molecule has 0 aliphatic heterocycles. The Bertz CT molecular complexity index is 314. The number of hydrogen-bond donors (Lipinski definition) is 0. The summed E-state index contributed by atoms with van der Waals surface area (Å²) in [6, 6.07) is 4.58. The monoisotopic (exact) mass is 308 g/mol. The fourth-order valence-corrected chi connectivity index (χ4v) is 1.87. The highest BCUT2D eigenvalue weighted by Crippen LogP contribution is 2.22. The van der Waals surface area contributed by atoms with E-state index in [9.17, 15) is 9.18 Å². The van der Waals surface area contributed by atoms with Gasteiger partial charge in [0.05, 0.1) is 4.47 Å². The van der Waals surface area contributed by atoms with Crippen molar-refractivity contribution in [2.75, 3.05) is 5.33 Å². The molecule has 0 aliphatic rings. The molecule has 0 amide bonds. The second kappa shape index (κ2) is 4.86. The van der Waals surface area contributed by atoms with Crippen LogP contribution in [0.25, 0.3) is 0 Å². The molecule has 0 aromatic heterocycles. The van der Waals surface area contributed by atoms with Crippen LogP contribution in [0.2, 0.25) is 0 Å². The third kappa shape index (κ3) is 2.61. The summed E-state index contributed by atoms with van der Waals surface area (Å²) in [6.45, 7) is 0. The fourth-order valence-electron chi connectivity index (χ4n) is 0.947. The molecule has 0 saturated heterocycles. The van der Waals surface area contributed by atoms with Crippen LogP contribution >= 0.6 is 31.9 Å². The van der Waals surface area contributed by atoms with Gasteiger partial charge < -0.3 is 4.79 Å². The fraction of sp³-hybridized carbons (Fsp3) is 0.222. The van der Waals surface area contributed by atoms with Gasteiger partial charge in [0, 0.05) is 11.2 Å². The first-order chi connectivity index (χ1) is 6.19. The molecular formula is C9H7Br2FO. The molecule has 0 spiro atoms. The Morgan fingerprint density at radius 3 is 2.69 bits per heavy atom. The molecule has 0 heterocycles. The lowest BCUT2D eigenvalue weighted by Gasteiger charge is -2.06. The van der Waals surface area contributed by atoms with Gasteiger partial charge in [-0.05, 0) is 33.6 Å². The van der Waals surface area contributed by atoms with Gasteiger partial charge in [0.1, 0.15) is 12.1 Å². The van der Waals surface area contributed by atoms with Crippen LogP contribution in [0, 0.1) is 5.82 Å². The van der Waals surface area contributed by atoms with E-state index in [4.69, 9.17) is 0 Å². The SMILES string of the molecule is O=CC(CBr)c1ccc(F)c(Br)c1. The van der Waals surface area contributed by atoms with E-state index in [2.05, 4.69) is 31.9 Å². The van der Waals surface area contributed by atoms with Gasteiger partial charge in [-0.3, -0.25) is 0 Å². The number of rotatable bonds is 3. The van der Waals surface area contributed by atoms with Crippen LogP contribution < -0.4 is 0 Å². The third-order valence-electron chi connectivity index (χ3n) is 1.70. The zero-order valence-corrected chi connectivity index (χ0v) is 9.81. The first-order valence-electron chi connectivity index (χ1n) is 3.65. The van der Waals surface area contributed by atoms with Gasteiger partial charge in [-0.15, -0.1) is 0 Å². The second-order valence-electron chi connectivity index (χ2n) is 2.57. The molecule has 0 saturated carbocycles. The van der Waals surface area contributed by atoms with Gasteiger partial charge in [0.2, 0.25) is 0 Å². The van der Waals surface area contributed by atoms with E-state index in [1.165, 1.54) is 6.07 Å². The molecule has 4 heteroatoms. The molecule has 1 nitrogen and oxygen atoms in total. The van der Waals surface area contributed by atoms with Crippen LogP contribution in [0.15, 0.2) is 22.7 Å². The molecule has 70 valence electrons. The lowest BCUT2D eigenvalue weighted by Crippen LogP contribution is -2.01. The van der Waals surface area contributed by atoms with Crippen molar-refractivity contribution in [1.82, 2.24) is 0 Å². The molecular weight excluding hydrogens is 303 g/mol. The van der Waals surface area contributed by atoms with Crippen molar-refractivity contribution in [2.45, 2.75) is 5.92 Å². The van der Waals surface area contributed by atoms with Crippen molar-refractivity contribution in [3.63, 3.8) is 0 Å². The van der Waals surface area contributed by atoms with Gasteiger partial charge >= 0.3 is 0 Å². The van der Waals surface area contributed by atoms with Gasteiger partial charge in [0.25, 0.3) is 0 Å². The molecule has 0 bridgehead atoms.